The Morgan fingerprint density at radius 1 is 1.22 bits per heavy atom. The molecule has 0 unspecified atom stereocenters. The van der Waals surface area contributed by atoms with Gasteiger partial charge in [-0.3, -0.25) is 0 Å². The van der Waals surface area contributed by atoms with Gasteiger partial charge in [0.25, 0.3) is 0 Å². The van der Waals surface area contributed by atoms with Crippen LogP contribution in [0.25, 0.3) is 11.3 Å². The minimum absolute atomic E-state index is 0.706. The van der Waals surface area contributed by atoms with Crippen LogP contribution in [0.5, 0.6) is 0 Å². The van der Waals surface area contributed by atoms with Crippen LogP contribution in [0.3, 0.4) is 0 Å². The minimum atomic E-state index is 0.706. The van der Waals surface area contributed by atoms with Crippen molar-refractivity contribution < 1.29 is 9.26 Å². The average Bonchev–Trinajstić information content (AvgIpc) is 2.85. The first-order valence-electron chi connectivity index (χ1n) is 6.12. The zero-order chi connectivity index (χ0) is 12.8. The molecule has 0 bridgehead atoms. The van der Waals surface area contributed by atoms with Gasteiger partial charge < -0.3 is 15.0 Å². The van der Waals surface area contributed by atoms with Gasteiger partial charge >= 0.3 is 0 Å². The Hall–Kier alpha value is -1.65. The highest BCUT2D eigenvalue weighted by atomic mass is 16.5. The number of ether oxygens (including phenoxy) is 1. The standard InChI is InChI=1S/C13H13NO2.CH5N/c1-3-10-9-15-8-2-5-11(10)12(4-1)13-6-7-14-16-13;1-2/h1,3-4,6-7H,2,5,8-9H2;2H2,1H3. The lowest BCUT2D eigenvalue weighted by Gasteiger charge is -2.08. The molecule has 2 N–H and O–H groups in total. The highest BCUT2D eigenvalue weighted by Crippen LogP contribution is 2.29. The number of hydrogen-bond donors (Lipinski definition) is 1. The Labute approximate surface area is 107 Å². The van der Waals surface area contributed by atoms with E-state index in [1.165, 1.54) is 18.2 Å². The molecule has 2 aromatic rings. The molecule has 1 aliphatic heterocycles. The lowest BCUT2D eigenvalue weighted by Crippen LogP contribution is -1.94. The summed E-state index contributed by atoms with van der Waals surface area (Å²) >= 11 is 0. The van der Waals surface area contributed by atoms with Crippen LogP contribution in [0.2, 0.25) is 0 Å². The van der Waals surface area contributed by atoms with Crippen molar-refractivity contribution in [1.82, 2.24) is 5.16 Å². The van der Waals surface area contributed by atoms with Crippen molar-refractivity contribution >= 4 is 0 Å². The lowest BCUT2D eigenvalue weighted by molar-refractivity contribution is 0.125. The summed E-state index contributed by atoms with van der Waals surface area (Å²) in [5.74, 6) is 0.846. The van der Waals surface area contributed by atoms with Crippen molar-refractivity contribution in [1.29, 1.82) is 0 Å². The Morgan fingerprint density at radius 3 is 2.89 bits per heavy atom. The van der Waals surface area contributed by atoms with Gasteiger partial charge in [0.05, 0.1) is 12.8 Å². The summed E-state index contributed by atoms with van der Waals surface area (Å²) in [6.45, 7) is 1.54. The van der Waals surface area contributed by atoms with E-state index >= 15 is 0 Å². The molecule has 0 amide bonds. The van der Waals surface area contributed by atoms with E-state index < -0.39 is 0 Å². The molecule has 96 valence electrons. The molecule has 0 saturated heterocycles. The largest absolute Gasteiger partial charge is 0.377 e. The molecule has 0 radical (unpaired) electrons. The average molecular weight is 246 g/mol. The Balaban J connectivity index is 0.000000574. The third kappa shape index (κ3) is 2.60. The molecule has 0 aliphatic carbocycles. The summed E-state index contributed by atoms with van der Waals surface area (Å²) in [5.41, 5.74) is 8.27. The maximum absolute atomic E-state index is 5.55. The summed E-state index contributed by atoms with van der Waals surface area (Å²) in [6.07, 6.45) is 3.80. The highest BCUT2D eigenvalue weighted by Gasteiger charge is 2.14. The van der Waals surface area contributed by atoms with Crippen LogP contribution in [0.15, 0.2) is 35.0 Å². The molecule has 0 saturated carbocycles. The Kier molecular flexibility index (Phi) is 4.50. The van der Waals surface area contributed by atoms with Gasteiger partial charge in [-0.2, -0.15) is 0 Å². The minimum Gasteiger partial charge on any atom is -0.377 e. The van der Waals surface area contributed by atoms with Crippen LogP contribution in [-0.2, 0) is 17.8 Å². The first-order valence-corrected chi connectivity index (χ1v) is 6.12. The van der Waals surface area contributed by atoms with E-state index in [0.717, 1.165) is 30.8 Å². The molecular formula is C14H18N2O2. The highest BCUT2D eigenvalue weighted by molar-refractivity contribution is 5.63. The van der Waals surface area contributed by atoms with Gasteiger partial charge in [-0.1, -0.05) is 23.4 Å². The van der Waals surface area contributed by atoms with E-state index in [1.807, 2.05) is 12.1 Å². The molecule has 0 fully saturated rings. The molecule has 1 aliphatic rings. The second kappa shape index (κ2) is 6.33. The summed E-state index contributed by atoms with van der Waals surface area (Å²) < 4.78 is 10.8. The third-order valence-electron chi connectivity index (χ3n) is 2.95. The monoisotopic (exact) mass is 246 g/mol. The van der Waals surface area contributed by atoms with Crippen LogP contribution in [0, 0.1) is 0 Å². The Morgan fingerprint density at radius 2 is 2.11 bits per heavy atom. The molecule has 0 spiro atoms. The number of nitrogens with two attached hydrogens (primary N) is 1. The zero-order valence-electron chi connectivity index (χ0n) is 10.6. The van der Waals surface area contributed by atoms with Gasteiger partial charge in [-0.05, 0) is 31.0 Å². The third-order valence-corrected chi connectivity index (χ3v) is 2.95. The van der Waals surface area contributed by atoms with E-state index in [4.69, 9.17) is 9.26 Å². The van der Waals surface area contributed by atoms with Crippen LogP contribution in [0.1, 0.15) is 17.5 Å². The number of aromatic nitrogens is 1. The van der Waals surface area contributed by atoms with Gasteiger partial charge in [-0.25, -0.2) is 0 Å². The molecule has 2 heterocycles. The topological polar surface area (TPSA) is 61.3 Å². The van der Waals surface area contributed by atoms with Crippen molar-refractivity contribution in [2.75, 3.05) is 13.7 Å². The van der Waals surface area contributed by atoms with E-state index in [-0.39, 0.29) is 0 Å². The van der Waals surface area contributed by atoms with Crippen LogP contribution >= 0.6 is 0 Å². The predicted octanol–water partition coefficient (Wildman–Crippen LogP) is 2.38. The molecule has 4 nitrogen and oxygen atoms in total. The maximum atomic E-state index is 5.55. The molecule has 18 heavy (non-hydrogen) atoms. The number of fused-ring (bicyclic) bond motifs is 1. The first-order chi connectivity index (χ1) is 8.95. The van der Waals surface area contributed by atoms with Gasteiger partial charge in [0.1, 0.15) is 0 Å². The number of benzene rings is 1. The number of hydrogen-bond acceptors (Lipinski definition) is 4. The summed E-state index contributed by atoms with van der Waals surface area (Å²) in [7, 11) is 1.50. The SMILES string of the molecule is CN.c1cc2c(c(-c3ccno3)c1)CCCOC2. The predicted molar refractivity (Wildman–Crippen MR) is 70.0 cm³/mol. The fraction of sp³-hybridized carbons (Fsp3) is 0.357. The van der Waals surface area contributed by atoms with Gasteiger partial charge in [0.15, 0.2) is 5.76 Å². The van der Waals surface area contributed by atoms with Crippen LogP contribution in [0.4, 0.5) is 0 Å². The molecule has 1 aromatic heterocycles. The van der Waals surface area contributed by atoms with Crippen molar-refractivity contribution in [2.24, 2.45) is 5.73 Å². The maximum Gasteiger partial charge on any atom is 0.167 e. The molecule has 0 atom stereocenters. The fourth-order valence-electron chi connectivity index (χ4n) is 2.18. The smallest absolute Gasteiger partial charge is 0.167 e. The van der Waals surface area contributed by atoms with E-state index in [9.17, 15) is 0 Å². The van der Waals surface area contributed by atoms with Gasteiger partial charge in [-0.15, -0.1) is 0 Å². The lowest BCUT2D eigenvalue weighted by atomic mass is 9.96. The molecule has 3 rings (SSSR count). The zero-order valence-corrected chi connectivity index (χ0v) is 10.6. The van der Waals surface area contributed by atoms with Crippen molar-refractivity contribution in [3.8, 4) is 11.3 Å². The van der Waals surface area contributed by atoms with Crippen molar-refractivity contribution in [3.63, 3.8) is 0 Å². The second-order valence-electron chi connectivity index (χ2n) is 3.98. The van der Waals surface area contributed by atoms with Crippen molar-refractivity contribution in [3.05, 3.63) is 41.6 Å². The van der Waals surface area contributed by atoms with Crippen LogP contribution in [-0.4, -0.2) is 18.8 Å². The molecule has 4 heteroatoms. The van der Waals surface area contributed by atoms with E-state index in [2.05, 4.69) is 23.0 Å². The van der Waals surface area contributed by atoms with Crippen molar-refractivity contribution in [2.45, 2.75) is 19.4 Å². The summed E-state index contributed by atoms with van der Waals surface area (Å²) in [5, 5.41) is 3.76. The fourth-order valence-corrected chi connectivity index (χ4v) is 2.18. The number of rotatable bonds is 1. The van der Waals surface area contributed by atoms with Gasteiger partial charge in [0, 0.05) is 18.2 Å². The van der Waals surface area contributed by atoms with E-state index in [1.54, 1.807) is 6.20 Å². The molecule has 1 aromatic carbocycles. The van der Waals surface area contributed by atoms with E-state index in [0.29, 0.717) is 6.61 Å². The Bertz CT molecular complexity index is 481. The normalized spacial score (nSPS) is 14.1. The summed E-state index contributed by atoms with van der Waals surface area (Å²) in [4.78, 5) is 0. The second-order valence-corrected chi connectivity index (χ2v) is 3.98. The summed E-state index contributed by atoms with van der Waals surface area (Å²) in [6, 6.07) is 8.16. The van der Waals surface area contributed by atoms with Crippen LogP contribution < -0.4 is 5.73 Å². The number of nitrogens with zero attached hydrogens (tertiary/aromatic N) is 1. The first kappa shape index (κ1) is 12.8. The molecular weight excluding hydrogens is 228 g/mol. The quantitative estimate of drug-likeness (QED) is 0.839. The van der Waals surface area contributed by atoms with Gasteiger partial charge in [0.2, 0.25) is 0 Å².